The van der Waals surface area contributed by atoms with E-state index in [0.717, 1.165) is 25.3 Å². The third-order valence-electron chi connectivity index (χ3n) is 3.32. The third-order valence-corrected chi connectivity index (χ3v) is 4.68. The Hall–Kier alpha value is -0.220. The second-order valence-electron chi connectivity index (χ2n) is 5.58. The molecule has 1 amide bonds. The van der Waals surface area contributed by atoms with E-state index in [2.05, 4.69) is 20.8 Å². The van der Waals surface area contributed by atoms with E-state index in [-0.39, 0.29) is 10.7 Å². The molecule has 0 aromatic carbocycles. The van der Waals surface area contributed by atoms with Crippen LogP contribution in [0.4, 0.5) is 0 Å². The van der Waals surface area contributed by atoms with Crippen molar-refractivity contribution in [2.75, 3.05) is 25.4 Å². The Kier molecular flexibility index (Phi) is 5.80. The predicted molar refractivity (Wildman–Crippen MR) is 75.2 cm³/mol. The van der Waals surface area contributed by atoms with Gasteiger partial charge in [-0.3, -0.25) is 4.79 Å². The van der Waals surface area contributed by atoms with Crippen LogP contribution < -0.4 is 5.73 Å². The molecule has 1 aliphatic rings. The van der Waals surface area contributed by atoms with Crippen LogP contribution in [0.5, 0.6) is 0 Å². The largest absolute Gasteiger partial charge is 0.341 e. The zero-order valence-electron chi connectivity index (χ0n) is 11.4. The second kappa shape index (κ2) is 6.64. The van der Waals surface area contributed by atoms with Gasteiger partial charge in [-0.05, 0) is 37.5 Å². The lowest BCUT2D eigenvalue weighted by Gasteiger charge is -2.34. The molecule has 2 N–H and O–H groups in total. The number of carbonyl (C=O) groups is 1. The molecule has 1 aliphatic heterocycles. The predicted octanol–water partition coefficient (Wildman–Crippen LogP) is 2.11. The van der Waals surface area contributed by atoms with Crippen molar-refractivity contribution < 1.29 is 4.79 Å². The highest BCUT2D eigenvalue weighted by Gasteiger charge is 2.29. The van der Waals surface area contributed by atoms with Crippen molar-refractivity contribution in [2.24, 2.45) is 11.1 Å². The van der Waals surface area contributed by atoms with Gasteiger partial charge in [-0.25, -0.2) is 0 Å². The standard InChI is InChI=1S/C13H26N2OS/c1-4-15(10-13(2,3)9-14)12(16)11-7-5-6-8-17-11/h11H,4-10,14H2,1-3H3. The maximum Gasteiger partial charge on any atom is 0.235 e. The molecule has 1 rings (SSSR count). The van der Waals surface area contributed by atoms with Gasteiger partial charge in [-0.15, -0.1) is 11.8 Å². The number of nitrogens with zero attached hydrogens (tertiary/aromatic N) is 1. The van der Waals surface area contributed by atoms with E-state index in [0.29, 0.717) is 12.5 Å². The second-order valence-corrected chi connectivity index (χ2v) is 6.89. The van der Waals surface area contributed by atoms with Crippen LogP contribution >= 0.6 is 11.8 Å². The average Bonchev–Trinajstić information content (AvgIpc) is 2.36. The fourth-order valence-electron chi connectivity index (χ4n) is 2.07. The van der Waals surface area contributed by atoms with E-state index < -0.39 is 0 Å². The number of carbonyl (C=O) groups excluding carboxylic acids is 1. The summed E-state index contributed by atoms with van der Waals surface area (Å²) in [5, 5.41) is 0.192. The molecule has 0 saturated carbocycles. The molecule has 0 radical (unpaired) electrons. The van der Waals surface area contributed by atoms with E-state index >= 15 is 0 Å². The molecular weight excluding hydrogens is 232 g/mol. The number of rotatable bonds is 5. The van der Waals surface area contributed by atoms with Gasteiger partial charge in [0.25, 0.3) is 0 Å². The van der Waals surface area contributed by atoms with Crippen molar-refractivity contribution in [3.63, 3.8) is 0 Å². The van der Waals surface area contributed by atoms with Gasteiger partial charge in [-0.1, -0.05) is 20.3 Å². The molecule has 17 heavy (non-hydrogen) atoms. The van der Waals surface area contributed by atoms with E-state index in [1.807, 2.05) is 16.7 Å². The summed E-state index contributed by atoms with van der Waals surface area (Å²) >= 11 is 1.83. The minimum Gasteiger partial charge on any atom is -0.341 e. The molecule has 0 aromatic heterocycles. The molecule has 1 atom stereocenters. The summed E-state index contributed by atoms with van der Waals surface area (Å²) in [4.78, 5) is 14.4. The molecular formula is C13H26N2OS. The number of thioether (sulfide) groups is 1. The van der Waals surface area contributed by atoms with Gasteiger partial charge >= 0.3 is 0 Å². The highest BCUT2D eigenvalue weighted by atomic mass is 32.2. The van der Waals surface area contributed by atoms with E-state index in [1.54, 1.807) is 0 Å². The monoisotopic (exact) mass is 258 g/mol. The van der Waals surface area contributed by atoms with Crippen LogP contribution in [-0.4, -0.2) is 41.4 Å². The Bertz CT molecular complexity index is 250. The van der Waals surface area contributed by atoms with Gasteiger partial charge in [0.15, 0.2) is 0 Å². The molecule has 0 aliphatic carbocycles. The SMILES string of the molecule is CCN(CC(C)(C)CN)C(=O)C1CCCCS1. The van der Waals surface area contributed by atoms with Crippen molar-refractivity contribution in [3.05, 3.63) is 0 Å². The van der Waals surface area contributed by atoms with Crippen molar-refractivity contribution in [1.82, 2.24) is 4.90 Å². The Morgan fingerprint density at radius 1 is 1.47 bits per heavy atom. The van der Waals surface area contributed by atoms with Crippen LogP contribution in [0.25, 0.3) is 0 Å². The molecule has 3 nitrogen and oxygen atoms in total. The molecule has 1 unspecified atom stereocenters. The van der Waals surface area contributed by atoms with Gasteiger partial charge in [0.05, 0.1) is 5.25 Å². The topological polar surface area (TPSA) is 46.3 Å². The molecule has 0 spiro atoms. The lowest BCUT2D eigenvalue weighted by molar-refractivity contribution is -0.131. The maximum absolute atomic E-state index is 12.4. The first-order valence-electron chi connectivity index (χ1n) is 6.60. The molecule has 1 saturated heterocycles. The first-order valence-corrected chi connectivity index (χ1v) is 7.65. The first kappa shape index (κ1) is 14.8. The van der Waals surface area contributed by atoms with Crippen molar-refractivity contribution >= 4 is 17.7 Å². The number of hydrogen-bond donors (Lipinski definition) is 1. The van der Waals surface area contributed by atoms with Gasteiger partial charge < -0.3 is 10.6 Å². The fraction of sp³-hybridized carbons (Fsp3) is 0.923. The number of nitrogens with two attached hydrogens (primary N) is 1. The molecule has 100 valence electrons. The Labute approximate surface area is 109 Å². The van der Waals surface area contributed by atoms with Crippen LogP contribution in [0, 0.1) is 5.41 Å². The van der Waals surface area contributed by atoms with Crippen LogP contribution in [0.15, 0.2) is 0 Å². The summed E-state index contributed by atoms with van der Waals surface area (Å²) in [6.45, 7) is 8.48. The van der Waals surface area contributed by atoms with Crippen molar-refractivity contribution in [1.29, 1.82) is 0 Å². The minimum atomic E-state index is 0.0189. The summed E-state index contributed by atoms with van der Waals surface area (Å²) in [7, 11) is 0. The smallest absolute Gasteiger partial charge is 0.235 e. The number of hydrogen-bond acceptors (Lipinski definition) is 3. The van der Waals surface area contributed by atoms with Gasteiger partial charge in [0.2, 0.25) is 5.91 Å². The normalized spacial score (nSPS) is 21.3. The van der Waals surface area contributed by atoms with Crippen molar-refractivity contribution in [3.8, 4) is 0 Å². The Morgan fingerprint density at radius 2 is 2.18 bits per heavy atom. The van der Waals surface area contributed by atoms with Gasteiger partial charge in [0.1, 0.15) is 0 Å². The van der Waals surface area contributed by atoms with Crippen LogP contribution in [-0.2, 0) is 4.79 Å². The Morgan fingerprint density at radius 3 is 2.65 bits per heavy atom. The molecule has 0 bridgehead atoms. The molecule has 0 aromatic rings. The molecule has 4 heteroatoms. The van der Waals surface area contributed by atoms with Gasteiger partial charge in [0, 0.05) is 13.1 Å². The fourth-order valence-corrected chi connectivity index (χ4v) is 3.35. The highest BCUT2D eigenvalue weighted by molar-refractivity contribution is 8.00. The lowest BCUT2D eigenvalue weighted by atomic mass is 9.93. The summed E-state index contributed by atoms with van der Waals surface area (Å²) in [6.07, 6.45) is 3.50. The summed E-state index contributed by atoms with van der Waals surface area (Å²) in [5.41, 5.74) is 5.76. The van der Waals surface area contributed by atoms with Crippen LogP contribution in [0.2, 0.25) is 0 Å². The van der Waals surface area contributed by atoms with Crippen LogP contribution in [0.1, 0.15) is 40.0 Å². The number of amides is 1. The Balaban J connectivity index is 2.56. The highest BCUT2D eigenvalue weighted by Crippen LogP contribution is 2.27. The summed E-state index contributed by atoms with van der Waals surface area (Å²) in [6, 6.07) is 0. The van der Waals surface area contributed by atoms with E-state index in [9.17, 15) is 4.79 Å². The minimum absolute atomic E-state index is 0.0189. The zero-order valence-corrected chi connectivity index (χ0v) is 12.2. The quantitative estimate of drug-likeness (QED) is 0.821. The summed E-state index contributed by atoms with van der Waals surface area (Å²) < 4.78 is 0. The maximum atomic E-state index is 12.4. The zero-order chi connectivity index (χ0) is 12.9. The van der Waals surface area contributed by atoms with E-state index in [1.165, 1.54) is 12.8 Å². The molecule has 1 fully saturated rings. The van der Waals surface area contributed by atoms with Crippen LogP contribution in [0.3, 0.4) is 0 Å². The summed E-state index contributed by atoms with van der Waals surface area (Å²) in [5.74, 6) is 1.45. The lowest BCUT2D eigenvalue weighted by Crippen LogP contribution is -2.45. The molecule has 1 heterocycles. The van der Waals surface area contributed by atoms with Gasteiger partial charge in [-0.2, -0.15) is 0 Å². The van der Waals surface area contributed by atoms with Crippen molar-refractivity contribution in [2.45, 2.75) is 45.3 Å². The average molecular weight is 258 g/mol. The third kappa shape index (κ3) is 4.51. The van der Waals surface area contributed by atoms with E-state index in [4.69, 9.17) is 5.73 Å². The first-order chi connectivity index (χ1) is 8.00.